The van der Waals surface area contributed by atoms with Gasteiger partial charge < -0.3 is 14.8 Å². The van der Waals surface area contributed by atoms with E-state index in [1.165, 1.54) is 6.07 Å². The summed E-state index contributed by atoms with van der Waals surface area (Å²) >= 11 is 11.1. The molecule has 0 heterocycles. The van der Waals surface area contributed by atoms with Crippen molar-refractivity contribution in [1.29, 1.82) is 0 Å². The van der Waals surface area contributed by atoms with Crippen molar-refractivity contribution >= 4 is 35.0 Å². The standard InChI is InChI=1S/C9H6Cl2F3NO2/c10-6-2-1-5(3-7(6)11)15(8(16)17)4-9(12,13)14/h1-3H,4H2,(H,16,17)/p-1. The molecule has 0 N–H and O–H groups in total. The highest BCUT2D eigenvalue weighted by Gasteiger charge is 2.31. The van der Waals surface area contributed by atoms with Gasteiger partial charge in [0, 0.05) is 5.69 Å². The van der Waals surface area contributed by atoms with E-state index < -0.39 is 18.8 Å². The first kappa shape index (κ1) is 13.9. The minimum atomic E-state index is -4.67. The van der Waals surface area contributed by atoms with Gasteiger partial charge in [-0.3, -0.25) is 0 Å². The van der Waals surface area contributed by atoms with Crippen LogP contribution in [0.4, 0.5) is 23.7 Å². The Morgan fingerprint density at radius 3 is 2.29 bits per heavy atom. The van der Waals surface area contributed by atoms with Crippen LogP contribution in [0.2, 0.25) is 10.0 Å². The number of anilines is 1. The fraction of sp³-hybridized carbons (Fsp3) is 0.222. The Labute approximate surface area is 104 Å². The third-order valence-electron chi connectivity index (χ3n) is 1.77. The van der Waals surface area contributed by atoms with Crippen LogP contribution >= 0.6 is 23.2 Å². The molecule has 0 spiro atoms. The highest BCUT2D eigenvalue weighted by molar-refractivity contribution is 6.42. The number of halogens is 5. The van der Waals surface area contributed by atoms with Crippen LogP contribution in [0.25, 0.3) is 0 Å². The molecule has 0 aliphatic heterocycles. The van der Waals surface area contributed by atoms with Gasteiger partial charge in [-0.2, -0.15) is 13.2 Å². The molecule has 8 heteroatoms. The Balaban J connectivity index is 3.06. The smallest absolute Gasteiger partial charge is 0.406 e. The lowest BCUT2D eigenvalue weighted by molar-refractivity contribution is -0.248. The van der Waals surface area contributed by atoms with E-state index in [0.29, 0.717) is 0 Å². The molecule has 3 nitrogen and oxygen atoms in total. The second kappa shape index (κ2) is 5.01. The number of nitrogens with zero attached hydrogens (tertiary/aromatic N) is 1. The lowest BCUT2D eigenvalue weighted by Crippen LogP contribution is -2.46. The second-order valence-electron chi connectivity index (χ2n) is 3.07. The summed E-state index contributed by atoms with van der Waals surface area (Å²) in [6, 6.07) is 3.33. The molecule has 17 heavy (non-hydrogen) atoms. The number of carbonyl (C=O) groups is 1. The first-order valence-corrected chi connectivity index (χ1v) is 4.96. The third kappa shape index (κ3) is 3.98. The fourth-order valence-electron chi connectivity index (χ4n) is 1.09. The molecule has 0 aromatic heterocycles. The maximum Gasteiger partial charge on any atom is 0.406 e. The molecule has 0 radical (unpaired) electrons. The summed E-state index contributed by atoms with van der Waals surface area (Å²) in [5.41, 5.74) is -0.253. The summed E-state index contributed by atoms with van der Waals surface area (Å²) in [6.07, 6.45) is -6.65. The van der Waals surface area contributed by atoms with Crippen molar-refractivity contribution in [3.63, 3.8) is 0 Å². The Hall–Kier alpha value is -1.14. The molecule has 1 amide bonds. The topological polar surface area (TPSA) is 43.4 Å². The fourth-order valence-corrected chi connectivity index (χ4v) is 1.39. The molecule has 1 rings (SSSR count). The summed E-state index contributed by atoms with van der Waals surface area (Å²) in [4.78, 5) is 10.6. The van der Waals surface area contributed by atoms with E-state index in [1.54, 1.807) is 0 Å². The molecule has 0 bridgehead atoms. The van der Waals surface area contributed by atoms with Crippen molar-refractivity contribution in [1.82, 2.24) is 0 Å². The van der Waals surface area contributed by atoms with E-state index in [2.05, 4.69) is 0 Å². The van der Waals surface area contributed by atoms with Crippen LogP contribution in [-0.4, -0.2) is 18.8 Å². The zero-order valence-electron chi connectivity index (χ0n) is 8.09. The number of rotatable bonds is 2. The van der Waals surface area contributed by atoms with Gasteiger partial charge in [0.25, 0.3) is 0 Å². The van der Waals surface area contributed by atoms with Gasteiger partial charge in [-0.1, -0.05) is 23.2 Å². The lowest BCUT2D eigenvalue weighted by atomic mass is 10.3. The van der Waals surface area contributed by atoms with Gasteiger partial charge in [0.1, 0.15) is 12.6 Å². The number of hydrogen-bond donors (Lipinski definition) is 0. The lowest BCUT2D eigenvalue weighted by Gasteiger charge is -2.26. The van der Waals surface area contributed by atoms with E-state index in [1.807, 2.05) is 0 Å². The third-order valence-corrected chi connectivity index (χ3v) is 2.51. The maximum absolute atomic E-state index is 12.1. The van der Waals surface area contributed by atoms with E-state index in [-0.39, 0.29) is 20.6 Å². The summed E-state index contributed by atoms with van der Waals surface area (Å²) in [6.45, 7) is -1.67. The minimum absolute atomic E-state index is 0.0300. The number of amides is 1. The van der Waals surface area contributed by atoms with Crippen LogP contribution < -0.4 is 10.0 Å². The predicted molar refractivity (Wildman–Crippen MR) is 55.3 cm³/mol. The van der Waals surface area contributed by atoms with Crippen molar-refractivity contribution in [2.75, 3.05) is 11.4 Å². The number of hydrogen-bond acceptors (Lipinski definition) is 2. The summed E-state index contributed by atoms with van der Waals surface area (Å²) in [5, 5.41) is 10.7. The first-order chi connectivity index (χ1) is 7.70. The summed E-state index contributed by atoms with van der Waals surface area (Å²) in [5.74, 6) is 0. The SMILES string of the molecule is O=C([O-])N(CC(F)(F)F)c1ccc(Cl)c(Cl)c1. The number of carbonyl (C=O) groups excluding carboxylic acids is 1. The van der Waals surface area contributed by atoms with Gasteiger partial charge in [-0.15, -0.1) is 0 Å². The van der Waals surface area contributed by atoms with Crippen LogP contribution in [0.5, 0.6) is 0 Å². The summed E-state index contributed by atoms with van der Waals surface area (Å²) in [7, 11) is 0. The molecule has 0 fully saturated rings. The summed E-state index contributed by atoms with van der Waals surface area (Å²) < 4.78 is 36.4. The van der Waals surface area contributed by atoms with Crippen LogP contribution in [0, 0.1) is 0 Å². The Morgan fingerprint density at radius 2 is 1.88 bits per heavy atom. The van der Waals surface area contributed by atoms with E-state index in [0.717, 1.165) is 12.1 Å². The van der Waals surface area contributed by atoms with Gasteiger partial charge in [0.05, 0.1) is 10.0 Å². The number of carboxylic acid groups (broad SMARTS) is 1. The molecule has 1 aromatic rings. The van der Waals surface area contributed by atoms with Crippen molar-refractivity contribution in [2.24, 2.45) is 0 Å². The molecule has 0 saturated heterocycles. The Bertz CT molecular complexity index is 437. The first-order valence-electron chi connectivity index (χ1n) is 4.21. The van der Waals surface area contributed by atoms with Crippen molar-refractivity contribution in [2.45, 2.75) is 6.18 Å². The largest absolute Gasteiger partial charge is 0.530 e. The normalized spacial score (nSPS) is 11.4. The Morgan fingerprint density at radius 1 is 1.29 bits per heavy atom. The monoisotopic (exact) mass is 286 g/mol. The van der Waals surface area contributed by atoms with Crippen LogP contribution in [0.15, 0.2) is 18.2 Å². The highest BCUT2D eigenvalue weighted by Crippen LogP contribution is 2.28. The molecule has 94 valence electrons. The van der Waals surface area contributed by atoms with Crippen LogP contribution in [-0.2, 0) is 0 Å². The molecule has 0 atom stereocenters. The second-order valence-corrected chi connectivity index (χ2v) is 3.88. The predicted octanol–water partition coefficient (Wildman–Crippen LogP) is 2.71. The van der Waals surface area contributed by atoms with Crippen molar-refractivity contribution in [3.05, 3.63) is 28.2 Å². The molecular formula is C9H5Cl2F3NO2-. The van der Waals surface area contributed by atoms with Crippen molar-refractivity contribution in [3.8, 4) is 0 Å². The van der Waals surface area contributed by atoms with Crippen LogP contribution in [0.1, 0.15) is 0 Å². The highest BCUT2D eigenvalue weighted by atomic mass is 35.5. The van der Waals surface area contributed by atoms with Crippen LogP contribution in [0.3, 0.4) is 0 Å². The minimum Gasteiger partial charge on any atom is -0.530 e. The quantitative estimate of drug-likeness (QED) is 0.839. The van der Waals surface area contributed by atoms with Gasteiger partial charge in [0.15, 0.2) is 0 Å². The number of alkyl halides is 3. The zero-order chi connectivity index (χ0) is 13.2. The van der Waals surface area contributed by atoms with E-state index in [4.69, 9.17) is 23.2 Å². The van der Waals surface area contributed by atoms with Gasteiger partial charge in [-0.05, 0) is 18.2 Å². The molecular weight excluding hydrogens is 282 g/mol. The van der Waals surface area contributed by atoms with Gasteiger partial charge in [-0.25, -0.2) is 0 Å². The molecule has 0 aliphatic rings. The average molecular weight is 287 g/mol. The molecule has 0 unspecified atom stereocenters. The zero-order valence-corrected chi connectivity index (χ0v) is 9.60. The number of benzene rings is 1. The Kier molecular flexibility index (Phi) is 4.11. The van der Waals surface area contributed by atoms with Gasteiger partial charge in [0.2, 0.25) is 0 Å². The van der Waals surface area contributed by atoms with Gasteiger partial charge >= 0.3 is 6.18 Å². The average Bonchev–Trinajstić information content (AvgIpc) is 2.17. The van der Waals surface area contributed by atoms with E-state index >= 15 is 0 Å². The molecule has 0 aliphatic carbocycles. The molecule has 0 saturated carbocycles. The molecule has 1 aromatic carbocycles. The maximum atomic E-state index is 12.1. The van der Waals surface area contributed by atoms with E-state index in [9.17, 15) is 23.1 Å². The van der Waals surface area contributed by atoms with Crippen molar-refractivity contribution < 1.29 is 23.1 Å².